The molecule has 2 aromatic heterocycles. The number of halogens is 3. The van der Waals surface area contributed by atoms with E-state index in [4.69, 9.17) is 0 Å². The summed E-state index contributed by atoms with van der Waals surface area (Å²) in [6.07, 6.45) is -2.75. The van der Waals surface area contributed by atoms with Crippen molar-refractivity contribution in [2.24, 2.45) is 0 Å². The summed E-state index contributed by atoms with van der Waals surface area (Å²) in [4.78, 5) is 14.0. The predicted molar refractivity (Wildman–Crippen MR) is 63.1 cm³/mol. The number of pyridine rings is 1. The Morgan fingerprint density at radius 3 is 2.63 bits per heavy atom. The molecule has 0 aliphatic heterocycles. The Kier molecular flexibility index (Phi) is 3.40. The van der Waals surface area contributed by atoms with E-state index in [1.807, 2.05) is 6.92 Å². The second-order valence-electron chi connectivity index (χ2n) is 4.33. The fourth-order valence-electron chi connectivity index (χ4n) is 2.01. The second kappa shape index (κ2) is 4.73. The number of nitrogens with one attached hydrogen (secondary N) is 1. The van der Waals surface area contributed by atoms with Crippen LogP contribution >= 0.6 is 0 Å². The summed E-state index contributed by atoms with van der Waals surface area (Å²) in [5.41, 5.74) is -1.19. The van der Waals surface area contributed by atoms with Gasteiger partial charge in [0.2, 0.25) is 0 Å². The Balaban J connectivity index is 2.68. The standard InChI is InChI=1S/C12H13F3N2O2/c1-2-7(6-18)9-5-17-10(12(13,14)15)3-8(19)4-11(17)16-9/h3-5,7,16,18H,2,6H2,1H3. The number of imidazole rings is 1. The van der Waals surface area contributed by atoms with Crippen LogP contribution < -0.4 is 5.43 Å². The van der Waals surface area contributed by atoms with Gasteiger partial charge in [0.05, 0.1) is 6.61 Å². The number of aliphatic hydroxyl groups excluding tert-OH is 1. The summed E-state index contributed by atoms with van der Waals surface area (Å²) in [7, 11) is 0. The molecule has 0 saturated heterocycles. The molecule has 0 aromatic carbocycles. The fraction of sp³-hybridized carbons (Fsp3) is 0.417. The largest absolute Gasteiger partial charge is 0.431 e. The van der Waals surface area contributed by atoms with Crippen LogP contribution in [0.1, 0.15) is 30.7 Å². The van der Waals surface area contributed by atoms with Gasteiger partial charge >= 0.3 is 6.18 Å². The zero-order valence-corrected chi connectivity index (χ0v) is 10.2. The number of nitrogens with zero attached hydrogens (tertiary/aromatic N) is 1. The number of rotatable bonds is 3. The van der Waals surface area contributed by atoms with E-state index < -0.39 is 17.3 Å². The lowest BCUT2D eigenvalue weighted by molar-refractivity contribution is -0.142. The Hall–Kier alpha value is -1.76. The second-order valence-corrected chi connectivity index (χ2v) is 4.33. The molecule has 0 amide bonds. The van der Waals surface area contributed by atoms with E-state index in [9.17, 15) is 23.1 Å². The maximum Gasteiger partial charge on any atom is 0.431 e. The van der Waals surface area contributed by atoms with E-state index in [0.717, 1.165) is 10.5 Å². The SMILES string of the molecule is CCC(CO)c1cn2c(C(F)(F)F)cc(=O)cc2[nH]1. The highest BCUT2D eigenvalue weighted by molar-refractivity contribution is 5.43. The Morgan fingerprint density at radius 2 is 2.11 bits per heavy atom. The third-order valence-electron chi connectivity index (χ3n) is 3.06. The van der Waals surface area contributed by atoms with Gasteiger partial charge in [-0.1, -0.05) is 6.92 Å². The predicted octanol–water partition coefficient (Wildman–Crippen LogP) is 2.13. The molecule has 19 heavy (non-hydrogen) atoms. The van der Waals surface area contributed by atoms with Crippen molar-refractivity contribution in [2.45, 2.75) is 25.4 Å². The maximum absolute atomic E-state index is 12.8. The monoisotopic (exact) mass is 274 g/mol. The van der Waals surface area contributed by atoms with E-state index >= 15 is 0 Å². The van der Waals surface area contributed by atoms with Crippen molar-refractivity contribution in [3.05, 3.63) is 39.9 Å². The van der Waals surface area contributed by atoms with Gasteiger partial charge in [-0.15, -0.1) is 0 Å². The molecular formula is C12H13F3N2O2. The van der Waals surface area contributed by atoms with Crippen molar-refractivity contribution in [3.63, 3.8) is 0 Å². The smallest absolute Gasteiger partial charge is 0.396 e. The highest BCUT2D eigenvalue weighted by atomic mass is 19.4. The van der Waals surface area contributed by atoms with Crippen LogP contribution in [0.25, 0.3) is 5.65 Å². The van der Waals surface area contributed by atoms with Crippen molar-refractivity contribution < 1.29 is 18.3 Å². The molecule has 0 aliphatic rings. The van der Waals surface area contributed by atoms with E-state index in [2.05, 4.69) is 4.98 Å². The van der Waals surface area contributed by atoms with Crippen molar-refractivity contribution >= 4 is 5.65 Å². The van der Waals surface area contributed by atoms with Crippen LogP contribution in [-0.4, -0.2) is 21.1 Å². The third kappa shape index (κ3) is 2.51. The Morgan fingerprint density at radius 1 is 1.42 bits per heavy atom. The molecule has 1 unspecified atom stereocenters. The lowest BCUT2D eigenvalue weighted by Crippen LogP contribution is -2.15. The van der Waals surface area contributed by atoms with Crippen LogP contribution in [0.2, 0.25) is 0 Å². The number of aromatic amines is 1. The van der Waals surface area contributed by atoms with Gasteiger partial charge in [0.25, 0.3) is 0 Å². The minimum atomic E-state index is -4.61. The molecule has 0 fully saturated rings. The molecule has 4 nitrogen and oxygen atoms in total. The third-order valence-corrected chi connectivity index (χ3v) is 3.06. The number of aromatic nitrogens is 2. The van der Waals surface area contributed by atoms with E-state index in [1.54, 1.807) is 0 Å². The van der Waals surface area contributed by atoms with Crippen LogP contribution in [-0.2, 0) is 6.18 Å². The first-order chi connectivity index (χ1) is 8.86. The molecule has 0 saturated carbocycles. The molecule has 2 N–H and O–H groups in total. The first kappa shape index (κ1) is 13.7. The number of alkyl halides is 3. The molecular weight excluding hydrogens is 261 g/mol. The molecule has 0 aliphatic carbocycles. The van der Waals surface area contributed by atoms with Gasteiger partial charge < -0.3 is 10.1 Å². The maximum atomic E-state index is 12.8. The molecule has 0 spiro atoms. The minimum Gasteiger partial charge on any atom is -0.396 e. The van der Waals surface area contributed by atoms with E-state index in [0.29, 0.717) is 18.2 Å². The van der Waals surface area contributed by atoms with E-state index in [1.165, 1.54) is 6.20 Å². The molecule has 0 bridgehead atoms. The Bertz CT molecular complexity index is 638. The highest BCUT2D eigenvalue weighted by Crippen LogP contribution is 2.29. The number of fused-ring (bicyclic) bond motifs is 1. The summed E-state index contributed by atoms with van der Waals surface area (Å²) in [5.74, 6) is -0.281. The van der Waals surface area contributed by atoms with Gasteiger partial charge in [-0.2, -0.15) is 13.2 Å². The van der Waals surface area contributed by atoms with Crippen LogP contribution in [0.5, 0.6) is 0 Å². The van der Waals surface area contributed by atoms with Gasteiger partial charge in [-0.05, 0) is 6.42 Å². The molecule has 7 heteroatoms. The van der Waals surface area contributed by atoms with Crippen LogP contribution in [0, 0.1) is 0 Å². The van der Waals surface area contributed by atoms with Crippen LogP contribution in [0.3, 0.4) is 0 Å². The lowest BCUT2D eigenvalue weighted by Gasteiger charge is -2.08. The zero-order valence-electron chi connectivity index (χ0n) is 10.2. The summed E-state index contributed by atoms with van der Waals surface area (Å²) in [6.45, 7) is 1.65. The van der Waals surface area contributed by atoms with Gasteiger partial charge in [0.1, 0.15) is 11.3 Å². The van der Waals surface area contributed by atoms with Crippen molar-refractivity contribution in [1.82, 2.24) is 9.38 Å². The van der Waals surface area contributed by atoms with Crippen molar-refractivity contribution in [1.29, 1.82) is 0 Å². The lowest BCUT2D eigenvalue weighted by atomic mass is 10.1. The quantitative estimate of drug-likeness (QED) is 0.900. The van der Waals surface area contributed by atoms with E-state index in [-0.39, 0.29) is 18.2 Å². The Labute approximate surface area is 106 Å². The van der Waals surface area contributed by atoms with Gasteiger partial charge in [0.15, 0.2) is 5.43 Å². The summed E-state index contributed by atoms with van der Waals surface area (Å²) in [5, 5.41) is 9.18. The highest BCUT2D eigenvalue weighted by Gasteiger charge is 2.34. The van der Waals surface area contributed by atoms with Gasteiger partial charge in [-0.3, -0.25) is 9.20 Å². The number of hydrogen-bond donors (Lipinski definition) is 2. The molecule has 2 heterocycles. The molecule has 0 radical (unpaired) electrons. The van der Waals surface area contributed by atoms with Crippen LogP contribution in [0.15, 0.2) is 23.1 Å². The average molecular weight is 274 g/mol. The van der Waals surface area contributed by atoms with Gasteiger partial charge in [-0.25, -0.2) is 0 Å². The van der Waals surface area contributed by atoms with Crippen molar-refractivity contribution in [2.75, 3.05) is 6.61 Å². The average Bonchev–Trinajstić information content (AvgIpc) is 2.71. The normalized spacial score (nSPS) is 13.9. The zero-order chi connectivity index (χ0) is 14.2. The molecule has 2 rings (SSSR count). The first-order valence-electron chi connectivity index (χ1n) is 5.80. The topological polar surface area (TPSA) is 57.5 Å². The number of aliphatic hydroxyl groups is 1. The summed E-state index contributed by atoms with van der Waals surface area (Å²) < 4.78 is 39.4. The first-order valence-corrected chi connectivity index (χ1v) is 5.80. The van der Waals surface area contributed by atoms with Crippen molar-refractivity contribution in [3.8, 4) is 0 Å². The van der Waals surface area contributed by atoms with Gasteiger partial charge in [0, 0.05) is 29.9 Å². The summed E-state index contributed by atoms with van der Waals surface area (Å²) >= 11 is 0. The fourth-order valence-corrected chi connectivity index (χ4v) is 2.01. The molecule has 1 atom stereocenters. The number of H-pyrrole nitrogens is 1. The molecule has 2 aromatic rings. The summed E-state index contributed by atoms with van der Waals surface area (Å²) in [6, 6.07) is 1.66. The minimum absolute atomic E-state index is 0.0710. The molecule has 104 valence electrons. The number of hydrogen-bond acceptors (Lipinski definition) is 2. The van der Waals surface area contributed by atoms with Crippen LogP contribution in [0.4, 0.5) is 13.2 Å².